The molecule has 0 bridgehead atoms. The molecule has 35 heavy (non-hydrogen) atoms. The maximum atomic E-state index is 13.4. The van der Waals surface area contributed by atoms with Gasteiger partial charge in [-0.15, -0.1) is 0 Å². The first-order chi connectivity index (χ1) is 16.8. The summed E-state index contributed by atoms with van der Waals surface area (Å²) in [5.74, 6) is 0.510. The van der Waals surface area contributed by atoms with Gasteiger partial charge in [0.25, 0.3) is 5.56 Å². The van der Waals surface area contributed by atoms with E-state index in [1.807, 2.05) is 26.0 Å². The maximum absolute atomic E-state index is 13.4. The summed E-state index contributed by atoms with van der Waals surface area (Å²) in [7, 11) is 0. The van der Waals surface area contributed by atoms with E-state index in [1.54, 1.807) is 30.3 Å². The zero-order valence-electron chi connectivity index (χ0n) is 18.9. The smallest absolute Gasteiger partial charge is 0.282 e. The van der Waals surface area contributed by atoms with Crippen LogP contribution in [0.2, 0.25) is 10.0 Å². The molecule has 1 aromatic heterocycles. The molecule has 0 fully saturated rings. The van der Waals surface area contributed by atoms with Crippen molar-refractivity contribution < 1.29 is 9.13 Å². The molecule has 9 heteroatoms. The number of halogens is 4. The molecule has 4 aromatic rings. The third kappa shape index (κ3) is 5.74. The maximum Gasteiger partial charge on any atom is 0.282 e. The van der Waals surface area contributed by atoms with Gasteiger partial charge in [-0.05, 0) is 60.0 Å². The van der Waals surface area contributed by atoms with Gasteiger partial charge in [-0.1, -0.05) is 65.1 Å². The Morgan fingerprint density at radius 2 is 1.91 bits per heavy atom. The molecule has 0 aliphatic rings. The summed E-state index contributed by atoms with van der Waals surface area (Å²) in [6.45, 7) is 4.13. The van der Waals surface area contributed by atoms with E-state index in [1.165, 1.54) is 23.0 Å². The van der Waals surface area contributed by atoms with Crippen molar-refractivity contribution >= 4 is 56.2 Å². The van der Waals surface area contributed by atoms with Gasteiger partial charge < -0.3 is 4.74 Å². The summed E-state index contributed by atoms with van der Waals surface area (Å²) in [5.41, 5.74) is 1.57. The molecule has 0 saturated heterocycles. The SMILES string of the molecule is CC[C@@H](C)c1nc2ccc(Br)cc2c(=O)n1N=Cc1cc(Cl)c(OCc2cccc(F)c2)c(Cl)c1. The third-order valence-electron chi connectivity index (χ3n) is 5.50. The number of rotatable bonds is 7. The highest BCUT2D eigenvalue weighted by Gasteiger charge is 2.16. The predicted molar refractivity (Wildman–Crippen MR) is 143 cm³/mol. The van der Waals surface area contributed by atoms with Crippen LogP contribution >= 0.6 is 39.1 Å². The molecule has 0 unspecified atom stereocenters. The van der Waals surface area contributed by atoms with E-state index in [0.29, 0.717) is 27.9 Å². The minimum Gasteiger partial charge on any atom is -0.486 e. The van der Waals surface area contributed by atoms with Gasteiger partial charge in [0.2, 0.25) is 0 Å². The van der Waals surface area contributed by atoms with Crippen molar-refractivity contribution in [3.63, 3.8) is 0 Å². The predicted octanol–water partition coefficient (Wildman–Crippen LogP) is 7.58. The molecule has 180 valence electrons. The molecule has 0 radical (unpaired) electrons. The average Bonchev–Trinajstić information content (AvgIpc) is 2.82. The Hall–Kier alpha value is -2.74. The molecule has 0 aliphatic heterocycles. The number of benzene rings is 3. The van der Waals surface area contributed by atoms with Crippen LogP contribution < -0.4 is 10.3 Å². The second-order valence-corrected chi connectivity index (χ2v) is 9.76. The van der Waals surface area contributed by atoms with E-state index in [-0.39, 0.29) is 39.7 Å². The molecular formula is C26H21BrCl2FN3O2. The van der Waals surface area contributed by atoms with E-state index < -0.39 is 0 Å². The molecule has 1 atom stereocenters. The second kappa shape index (κ2) is 10.9. The minimum atomic E-state index is -0.350. The van der Waals surface area contributed by atoms with Gasteiger partial charge in [-0.2, -0.15) is 9.78 Å². The van der Waals surface area contributed by atoms with Gasteiger partial charge in [-0.25, -0.2) is 9.37 Å². The van der Waals surface area contributed by atoms with Crippen LogP contribution in [0.1, 0.15) is 43.1 Å². The lowest BCUT2D eigenvalue weighted by Gasteiger charge is -2.14. The number of nitrogens with zero attached hydrogens (tertiary/aromatic N) is 3. The van der Waals surface area contributed by atoms with Crippen LogP contribution in [0, 0.1) is 5.82 Å². The highest BCUT2D eigenvalue weighted by atomic mass is 79.9. The summed E-state index contributed by atoms with van der Waals surface area (Å²) >= 11 is 16.2. The zero-order valence-corrected chi connectivity index (χ0v) is 22.0. The topological polar surface area (TPSA) is 56.5 Å². The zero-order chi connectivity index (χ0) is 25.1. The summed E-state index contributed by atoms with van der Waals surface area (Å²) in [5, 5.41) is 5.44. The Labute approximate surface area is 220 Å². The standard InChI is InChI=1S/C26H21BrCl2FN3O2/c1-3-15(2)25-32-23-8-7-18(27)12-20(23)26(34)33(25)31-13-17-10-21(28)24(22(29)11-17)35-14-16-5-4-6-19(30)9-16/h4-13,15H,3,14H2,1-2H3/t15-/m1/s1. The molecule has 0 amide bonds. The molecule has 0 N–H and O–H groups in total. The van der Waals surface area contributed by atoms with Crippen molar-refractivity contribution in [3.05, 3.63) is 102 Å². The summed E-state index contributed by atoms with van der Waals surface area (Å²) in [4.78, 5) is 18.0. The quantitative estimate of drug-likeness (QED) is 0.213. The normalized spacial score (nSPS) is 12.4. The van der Waals surface area contributed by atoms with E-state index in [9.17, 15) is 9.18 Å². The van der Waals surface area contributed by atoms with Crippen LogP contribution in [0.15, 0.2) is 69.0 Å². The number of fused-ring (bicyclic) bond motifs is 1. The monoisotopic (exact) mass is 575 g/mol. The largest absolute Gasteiger partial charge is 0.486 e. The fraction of sp³-hybridized carbons (Fsp3) is 0.192. The van der Waals surface area contributed by atoms with E-state index in [0.717, 1.165) is 10.9 Å². The highest BCUT2D eigenvalue weighted by Crippen LogP contribution is 2.34. The first-order valence-electron chi connectivity index (χ1n) is 10.9. The van der Waals surface area contributed by atoms with Crippen molar-refractivity contribution in [2.45, 2.75) is 32.8 Å². The minimum absolute atomic E-state index is 0.0127. The van der Waals surface area contributed by atoms with Crippen LogP contribution in [-0.2, 0) is 6.61 Å². The van der Waals surface area contributed by atoms with Crippen LogP contribution in [0.5, 0.6) is 5.75 Å². The lowest BCUT2D eigenvalue weighted by atomic mass is 10.1. The number of hydrogen-bond acceptors (Lipinski definition) is 4. The van der Waals surface area contributed by atoms with Gasteiger partial charge in [0.1, 0.15) is 18.2 Å². The summed E-state index contributed by atoms with van der Waals surface area (Å²) in [6, 6.07) is 14.8. The lowest BCUT2D eigenvalue weighted by Crippen LogP contribution is -2.23. The molecular weight excluding hydrogens is 556 g/mol. The van der Waals surface area contributed by atoms with Crippen LogP contribution in [0.3, 0.4) is 0 Å². The first-order valence-corrected chi connectivity index (χ1v) is 12.4. The summed E-state index contributed by atoms with van der Waals surface area (Å²) < 4.78 is 21.2. The first kappa shape index (κ1) is 25.4. The van der Waals surface area contributed by atoms with Gasteiger partial charge in [-0.3, -0.25) is 4.79 Å². The molecule has 5 nitrogen and oxygen atoms in total. The van der Waals surface area contributed by atoms with Gasteiger partial charge >= 0.3 is 0 Å². The Morgan fingerprint density at radius 3 is 2.60 bits per heavy atom. The highest BCUT2D eigenvalue weighted by molar-refractivity contribution is 9.10. The Balaban J connectivity index is 1.67. The fourth-order valence-electron chi connectivity index (χ4n) is 3.48. The number of hydrogen-bond donors (Lipinski definition) is 0. The van der Waals surface area contributed by atoms with Crippen LogP contribution in [-0.4, -0.2) is 15.9 Å². The molecule has 0 aliphatic carbocycles. The van der Waals surface area contributed by atoms with Crippen molar-refractivity contribution in [2.24, 2.45) is 5.10 Å². The van der Waals surface area contributed by atoms with E-state index in [2.05, 4.69) is 21.0 Å². The van der Waals surface area contributed by atoms with Gasteiger partial charge in [0.05, 0.1) is 27.2 Å². The van der Waals surface area contributed by atoms with Crippen molar-refractivity contribution in [2.75, 3.05) is 0 Å². The number of aromatic nitrogens is 2. The molecule has 0 spiro atoms. The summed E-state index contributed by atoms with van der Waals surface area (Å²) in [6.07, 6.45) is 2.30. The molecule has 1 heterocycles. The van der Waals surface area contributed by atoms with Gasteiger partial charge in [0, 0.05) is 10.4 Å². The van der Waals surface area contributed by atoms with Crippen molar-refractivity contribution in [3.8, 4) is 5.75 Å². The van der Waals surface area contributed by atoms with Gasteiger partial charge in [0.15, 0.2) is 5.75 Å². The lowest BCUT2D eigenvalue weighted by molar-refractivity contribution is 0.306. The van der Waals surface area contributed by atoms with Crippen molar-refractivity contribution in [1.29, 1.82) is 0 Å². The Morgan fingerprint density at radius 1 is 1.17 bits per heavy atom. The number of ether oxygens (including phenoxy) is 1. The van der Waals surface area contributed by atoms with E-state index >= 15 is 0 Å². The molecule has 0 saturated carbocycles. The molecule has 3 aromatic carbocycles. The Kier molecular flexibility index (Phi) is 7.89. The third-order valence-corrected chi connectivity index (χ3v) is 6.56. The van der Waals surface area contributed by atoms with E-state index in [4.69, 9.17) is 32.9 Å². The van der Waals surface area contributed by atoms with Crippen LogP contribution in [0.4, 0.5) is 4.39 Å². The Bertz CT molecular complexity index is 1470. The van der Waals surface area contributed by atoms with Crippen molar-refractivity contribution in [1.82, 2.24) is 9.66 Å². The molecule has 4 rings (SSSR count). The van der Waals surface area contributed by atoms with Crippen LogP contribution in [0.25, 0.3) is 10.9 Å². The fourth-order valence-corrected chi connectivity index (χ4v) is 4.45. The second-order valence-electron chi connectivity index (χ2n) is 8.03. The average molecular weight is 577 g/mol.